The molecule has 1 fully saturated rings. The molecule has 2 rings (SSSR count). The third-order valence-electron chi connectivity index (χ3n) is 3.62. The van der Waals surface area contributed by atoms with Gasteiger partial charge in [-0.25, -0.2) is 0 Å². The highest BCUT2D eigenvalue weighted by Crippen LogP contribution is 2.51. The molecule has 1 aliphatic carbocycles. The van der Waals surface area contributed by atoms with Crippen LogP contribution in [0.5, 0.6) is 0 Å². The van der Waals surface area contributed by atoms with Crippen LogP contribution < -0.4 is 0 Å². The van der Waals surface area contributed by atoms with Crippen molar-refractivity contribution in [1.29, 1.82) is 5.26 Å². The summed E-state index contributed by atoms with van der Waals surface area (Å²) < 4.78 is 0. The molecule has 2 heteroatoms. The zero-order chi connectivity index (χ0) is 11.6. The molecule has 84 valence electrons. The molecule has 1 atom stereocenters. The van der Waals surface area contributed by atoms with Crippen molar-refractivity contribution in [2.24, 2.45) is 5.41 Å². The zero-order valence-electron chi connectivity index (χ0n) is 9.98. The van der Waals surface area contributed by atoms with Gasteiger partial charge in [-0.2, -0.15) is 5.26 Å². The topological polar surface area (TPSA) is 27.0 Å². The van der Waals surface area contributed by atoms with E-state index >= 15 is 0 Å². The maximum atomic E-state index is 9.44. The van der Waals surface area contributed by atoms with E-state index in [1.807, 2.05) is 6.07 Å². The second-order valence-corrected chi connectivity index (χ2v) is 4.90. The van der Waals surface area contributed by atoms with Crippen LogP contribution in [0.4, 0.5) is 0 Å². The number of hydrogen-bond acceptors (Lipinski definition) is 2. The Morgan fingerprint density at radius 3 is 2.25 bits per heavy atom. The lowest BCUT2D eigenvalue weighted by Gasteiger charge is -2.45. The molecule has 1 aliphatic rings. The van der Waals surface area contributed by atoms with E-state index in [2.05, 4.69) is 49.3 Å². The molecular weight excluding hydrogens is 196 g/mol. The summed E-state index contributed by atoms with van der Waals surface area (Å²) in [6, 6.07) is 13.2. The van der Waals surface area contributed by atoms with Crippen LogP contribution in [-0.4, -0.2) is 19.0 Å². The van der Waals surface area contributed by atoms with Gasteiger partial charge in [0.2, 0.25) is 0 Å². The van der Waals surface area contributed by atoms with E-state index in [4.69, 9.17) is 0 Å². The SMILES string of the molecule is CN(C)C(c1ccccc1)C1(C#N)CCC1. The van der Waals surface area contributed by atoms with Crippen molar-refractivity contribution in [2.75, 3.05) is 14.1 Å². The van der Waals surface area contributed by atoms with Gasteiger partial charge < -0.3 is 4.90 Å². The third-order valence-corrected chi connectivity index (χ3v) is 3.62. The Hall–Kier alpha value is -1.33. The van der Waals surface area contributed by atoms with Gasteiger partial charge in [-0.15, -0.1) is 0 Å². The minimum absolute atomic E-state index is 0.162. The molecule has 0 bridgehead atoms. The molecule has 0 saturated heterocycles. The van der Waals surface area contributed by atoms with Crippen LogP contribution in [0.15, 0.2) is 30.3 Å². The van der Waals surface area contributed by atoms with Gasteiger partial charge in [0, 0.05) is 0 Å². The van der Waals surface area contributed by atoms with Gasteiger partial charge in [-0.05, 0) is 32.5 Å². The summed E-state index contributed by atoms with van der Waals surface area (Å²) in [5.74, 6) is 0. The van der Waals surface area contributed by atoms with E-state index < -0.39 is 0 Å². The molecule has 0 heterocycles. The lowest BCUT2D eigenvalue weighted by Crippen LogP contribution is -2.41. The largest absolute Gasteiger partial charge is 0.301 e. The molecule has 1 aromatic carbocycles. The highest BCUT2D eigenvalue weighted by molar-refractivity contribution is 5.26. The molecule has 0 amide bonds. The van der Waals surface area contributed by atoms with Gasteiger partial charge in [0.15, 0.2) is 0 Å². The predicted octanol–water partition coefficient (Wildman–Crippen LogP) is 2.98. The standard InChI is InChI=1S/C14H18N2/c1-16(2)13(12-7-4-3-5-8-12)14(11-15)9-6-10-14/h3-5,7-8,13H,6,9-10H2,1-2H3. The minimum atomic E-state index is -0.162. The third kappa shape index (κ3) is 1.72. The molecule has 1 aromatic rings. The van der Waals surface area contributed by atoms with Crippen molar-refractivity contribution in [3.63, 3.8) is 0 Å². The van der Waals surface area contributed by atoms with Crippen molar-refractivity contribution in [3.8, 4) is 6.07 Å². The Labute approximate surface area is 97.5 Å². The average molecular weight is 214 g/mol. The molecule has 2 nitrogen and oxygen atoms in total. The summed E-state index contributed by atoms with van der Waals surface area (Å²) in [5.41, 5.74) is 1.10. The summed E-state index contributed by atoms with van der Waals surface area (Å²) in [5, 5.41) is 9.44. The first-order valence-electron chi connectivity index (χ1n) is 5.82. The maximum Gasteiger partial charge on any atom is 0.0770 e. The van der Waals surface area contributed by atoms with Crippen LogP contribution in [0, 0.1) is 16.7 Å². The van der Waals surface area contributed by atoms with Gasteiger partial charge in [-0.1, -0.05) is 36.8 Å². The lowest BCUT2D eigenvalue weighted by atomic mass is 9.63. The molecule has 0 aliphatic heterocycles. The van der Waals surface area contributed by atoms with Crippen molar-refractivity contribution in [2.45, 2.75) is 25.3 Å². The Bertz CT molecular complexity index is 385. The van der Waals surface area contributed by atoms with Gasteiger partial charge in [0.1, 0.15) is 0 Å². The van der Waals surface area contributed by atoms with Crippen LogP contribution in [-0.2, 0) is 0 Å². The summed E-state index contributed by atoms with van der Waals surface area (Å²) in [6.07, 6.45) is 3.24. The summed E-state index contributed by atoms with van der Waals surface area (Å²) in [6.45, 7) is 0. The zero-order valence-corrected chi connectivity index (χ0v) is 9.98. The molecule has 1 unspecified atom stereocenters. The van der Waals surface area contributed by atoms with Crippen molar-refractivity contribution in [3.05, 3.63) is 35.9 Å². The molecule has 0 N–H and O–H groups in total. The van der Waals surface area contributed by atoms with E-state index in [0.29, 0.717) is 0 Å². The number of benzene rings is 1. The molecule has 1 saturated carbocycles. The minimum Gasteiger partial charge on any atom is -0.301 e. The fraction of sp³-hybridized carbons (Fsp3) is 0.500. The van der Waals surface area contributed by atoms with Crippen LogP contribution in [0.2, 0.25) is 0 Å². The fourth-order valence-corrected chi connectivity index (χ4v) is 2.75. The summed E-state index contributed by atoms with van der Waals surface area (Å²) in [7, 11) is 4.13. The quantitative estimate of drug-likeness (QED) is 0.773. The molecule has 0 spiro atoms. The average Bonchev–Trinajstić information content (AvgIpc) is 2.24. The summed E-state index contributed by atoms with van der Waals surface area (Å²) >= 11 is 0. The monoisotopic (exact) mass is 214 g/mol. The number of nitrogens with zero attached hydrogens (tertiary/aromatic N) is 2. The van der Waals surface area contributed by atoms with Gasteiger partial charge in [-0.3, -0.25) is 0 Å². The fourth-order valence-electron chi connectivity index (χ4n) is 2.75. The van der Waals surface area contributed by atoms with E-state index in [0.717, 1.165) is 12.8 Å². The molecule has 16 heavy (non-hydrogen) atoms. The van der Waals surface area contributed by atoms with E-state index in [-0.39, 0.29) is 11.5 Å². The van der Waals surface area contributed by atoms with Crippen molar-refractivity contribution < 1.29 is 0 Å². The van der Waals surface area contributed by atoms with Crippen LogP contribution in [0.25, 0.3) is 0 Å². The normalized spacial score (nSPS) is 19.9. The van der Waals surface area contributed by atoms with Crippen LogP contribution in [0.3, 0.4) is 0 Å². The highest BCUT2D eigenvalue weighted by Gasteiger charge is 2.46. The smallest absolute Gasteiger partial charge is 0.0770 e. The first-order chi connectivity index (χ1) is 7.69. The Morgan fingerprint density at radius 2 is 1.88 bits per heavy atom. The lowest BCUT2D eigenvalue weighted by molar-refractivity contribution is 0.0749. The van der Waals surface area contributed by atoms with Crippen molar-refractivity contribution >= 4 is 0 Å². The maximum absolute atomic E-state index is 9.44. The molecule has 0 radical (unpaired) electrons. The van der Waals surface area contributed by atoms with E-state index in [9.17, 15) is 5.26 Å². The highest BCUT2D eigenvalue weighted by atomic mass is 15.1. The Balaban J connectivity index is 2.36. The molecule has 0 aromatic heterocycles. The van der Waals surface area contributed by atoms with Gasteiger partial charge >= 0.3 is 0 Å². The number of nitriles is 1. The second-order valence-electron chi connectivity index (χ2n) is 4.90. The first kappa shape index (κ1) is 11.2. The second kappa shape index (κ2) is 4.27. The van der Waals surface area contributed by atoms with E-state index in [1.165, 1.54) is 12.0 Å². The van der Waals surface area contributed by atoms with Crippen LogP contribution >= 0.6 is 0 Å². The Morgan fingerprint density at radius 1 is 1.25 bits per heavy atom. The van der Waals surface area contributed by atoms with Crippen molar-refractivity contribution in [1.82, 2.24) is 4.90 Å². The molecular formula is C14H18N2. The Kier molecular flexibility index (Phi) is 2.98. The van der Waals surface area contributed by atoms with Gasteiger partial charge in [0.25, 0.3) is 0 Å². The first-order valence-corrected chi connectivity index (χ1v) is 5.82. The van der Waals surface area contributed by atoms with Gasteiger partial charge in [0.05, 0.1) is 17.5 Å². The number of rotatable bonds is 3. The number of hydrogen-bond donors (Lipinski definition) is 0. The summed E-state index contributed by atoms with van der Waals surface area (Å²) in [4.78, 5) is 2.18. The van der Waals surface area contributed by atoms with E-state index in [1.54, 1.807) is 0 Å². The van der Waals surface area contributed by atoms with Crippen LogP contribution in [0.1, 0.15) is 30.9 Å². The predicted molar refractivity (Wildman–Crippen MR) is 64.8 cm³/mol.